The molecule has 0 radical (unpaired) electrons. The molecule has 4 heteroatoms. The first-order valence-electron chi connectivity index (χ1n) is 12.0. The highest BCUT2D eigenvalue weighted by Gasteiger charge is 2.01. The normalized spacial score (nSPS) is 10.7. The van der Waals surface area contributed by atoms with Gasteiger partial charge in [-0.25, -0.2) is 0 Å². The van der Waals surface area contributed by atoms with E-state index in [1.165, 1.54) is 20.9 Å². The lowest BCUT2D eigenvalue weighted by Crippen LogP contribution is -1.93. The molecule has 0 aromatic heterocycles. The van der Waals surface area contributed by atoms with Crippen molar-refractivity contribution >= 4 is 46.3 Å². The number of thioether (sulfide) groups is 2. The summed E-state index contributed by atoms with van der Waals surface area (Å²) in [5, 5.41) is 6.99. The number of nitrogens with one attached hydrogen (secondary N) is 2. The van der Waals surface area contributed by atoms with Crippen molar-refractivity contribution < 1.29 is 0 Å². The zero-order chi connectivity index (χ0) is 24.4. The molecule has 178 valence electrons. The molecule has 0 bridgehead atoms. The summed E-state index contributed by atoms with van der Waals surface area (Å²) in [4.78, 5) is 2.60. The summed E-state index contributed by atoms with van der Waals surface area (Å²) in [6.45, 7) is 0. The minimum atomic E-state index is 0.970. The third-order valence-corrected chi connectivity index (χ3v) is 7.83. The lowest BCUT2D eigenvalue weighted by molar-refractivity contribution is 1.37. The van der Waals surface area contributed by atoms with Gasteiger partial charge in [-0.15, -0.1) is 23.5 Å². The molecular formula is C32H28N2S2. The standard InChI is InChI=1S/C32H28N2S2/c1-3-7-31(8-4-1)35-23-25-11-15-27(16-12-25)33-29-19-21-30(22-20-29)34-28-17-13-26(14-18-28)24-36-32-9-5-2-6-10-32/h1-22,33-34H,23-24H2. The van der Waals surface area contributed by atoms with Gasteiger partial charge in [0, 0.05) is 44.0 Å². The van der Waals surface area contributed by atoms with E-state index < -0.39 is 0 Å². The number of benzene rings is 5. The smallest absolute Gasteiger partial charge is 0.0385 e. The van der Waals surface area contributed by atoms with Crippen LogP contribution in [0.3, 0.4) is 0 Å². The molecule has 0 saturated heterocycles. The molecule has 5 aromatic rings. The predicted molar refractivity (Wildman–Crippen MR) is 158 cm³/mol. The van der Waals surface area contributed by atoms with Crippen LogP contribution in [0.2, 0.25) is 0 Å². The van der Waals surface area contributed by atoms with Gasteiger partial charge in [0.15, 0.2) is 0 Å². The minimum absolute atomic E-state index is 0.970. The van der Waals surface area contributed by atoms with Crippen molar-refractivity contribution in [3.8, 4) is 0 Å². The number of anilines is 4. The van der Waals surface area contributed by atoms with E-state index in [1.807, 2.05) is 23.5 Å². The topological polar surface area (TPSA) is 24.1 Å². The van der Waals surface area contributed by atoms with Gasteiger partial charge in [0.25, 0.3) is 0 Å². The van der Waals surface area contributed by atoms with Gasteiger partial charge < -0.3 is 10.6 Å². The van der Waals surface area contributed by atoms with Gasteiger partial charge in [-0.05, 0) is 83.9 Å². The van der Waals surface area contributed by atoms with Crippen LogP contribution in [0.1, 0.15) is 11.1 Å². The maximum atomic E-state index is 3.49. The average molecular weight is 505 g/mol. The Morgan fingerprint density at radius 1 is 0.361 bits per heavy atom. The Balaban J connectivity index is 1.10. The zero-order valence-electron chi connectivity index (χ0n) is 19.9. The summed E-state index contributed by atoms with van der Waals surface area (Å²) in [6, 6.07) is 46.8. The van der Waals surface area contributed by atoms with Gasteiger partial charge in [-0.2, -0.15) is 0 Å². The number of rotatable bonds is 10. The summed E-state index contributed by atoms with van der Waals surface area (Å²) in [6.07, 6.45) is 0. The molecule has 2 N–H and O–H groups in total. The fraction of sp³-hybridized carbons (Fsp3) is 0.0625. The van der Waals surface area contributed by atoms with Crippen molar-refractivity contribution in [2.45, 2.75) is 21.3 Å². The van der Waals surface area contributed by atoms with E-state index in [0.717, 1.165) is 34.3 Å². The fourth-order valence-corrected chi connectivity index (χ4v) is 5.46. The van der Waals surface area contributed by atoms with Crippen LogP contribution < -0.4 is 10.6 Å². The molecule has 0 aliphatic rings. The minimum Gasteiger partial charge on any atom is -0.356 e. The Morgan fingerprint density at radius 2 is 0.667 bits per heavy atom. The molecule has 0 fully saturated rings. The van der Waals surface area contributed by atoms with Crippen molar-refractivity contribution in [2.24, 2.45) is 0 Å². The monoisotopic (exact) mass is 504 g/mol. The first-order valence-corrected chi connectivity index (χ1v) is 13.9. The van der Waals surface area contributed by atoms with Crippen LogP contribution >= 0.6 is 23.5 Å². The largest absolute Gasteiger partial charge is 0.356 e. The van der Waals surface area contributed by atoms with Gasteiger partial charge in [0.2, 0.25) is 0 Å². The van der Waals surface area contributed by atoms with E-state index in [1.54, 1.807) is 0 Å². The molecule has 2 nitrogen and oxygen atoms in total. The van der Waals surface area contributed by atoms with Crippen LogP contribution in [0.25, 0.3) is 0 Å². The van der Waals surface area contributed by atoms with Gasteiger partial charge in [0.05, 0.1) is 0 Å². The molecule has 0 heterocycles. The quantitative estimate of drug-likeness (QED) is 0.185. The summed E-state index contributed by atoms with van der Waals surface area (Å²) in [5.74, 6) is 1.94. The second-order valence-corrected chi connectivity index (χ2v) is 10.5. The molecule has 0 amide bonds. The predicted octanol–water partition coefficient (Wildman–Crippen LogP) is 9.76. The molecule has 0 unspecified atom stereocenters. The second-order valence-electron chi connectivity index (χ2n) is 8.42. The van der Waals surface area contributed by atoms with Crippen molar-refractivity contribution in [1.82, 2.24) is 0 Å². The Labute approximate surface area is 222 Å². The Kier molecular flexibility index (Phi) is 8.30. The lowest BCUT2D eigenvalue weighted by atomic mass is 10.2. The number of hydrogen-bond acceptors (Lipinski definition) is 4. The maximum absolute atomic E-state index is 3.49. The molecule has 0 saturated carbocycles. The number of hydrogen-bond donors (Lipinski definition) is 2. The average Bonchev–Trinajstić information content (AvgIpc) is 2.94. The van der Waals surface area contributed by atoms with Crippen molar-refractivity contribution in [2.75, 3.05) is 10.6 Å². The Bertz CT molecular complexity index is 1230. The molecule has 0 atom stereocenters. The van der Waals surface area contributed by atoms with Gasteiger partial charge in [-0.1, -0.05) is 60.7 Å². The third kappa shape index (κ3) is 7.20. The summed E-state index contributed by atoms with van der Waals surface area (Å²) in [7, 11) is 0. The molecule has 5 aromatic carbocycles. The molecule has 0 aliphatic heterocycles. The van der Waals surface area contributed by atoms with E-state index in [9.17, 15) is 0 Å². The highest BCUT2D eigenvalue weighted by Crippen LogP contribution is 2.26. The first-order chi connectivity index (χ1) is 17.8. The maximum Gasteiger partial charge on any atom is 0.0385 e. The van der Waals surface area contributed by atoms with E-state index in [2.05, 4.69) is 144 Å². The SMILES string of the molecule is c1ccc(SCc2ccc(Nc3ccc(Nc4ccc(CSc5ccccc5)cc4)cc3)cc2)cc1. The van der Waals surface area contributed by atoms with Crippen LogP contribution in [0, 0.1) is 0 Å². The van der Waals surface area contributed by atoms with E-state index in [0.29, 0.717) is 0 Å². The molecule has 0 aliphatic carbocycles. The van der Waals surface area contributed by atoms with E-state index >= 15 is 0 Å². The zero-order valence-corrected chi connectivity index (χ0v) is 21.6. The van der Waals surface area contributed by atoms with Crippen LogP contribution in [-0.4, -0.2) is 0 Å². The van der Waals surface area contributed by atoms with E-state index in [4.69, 9.17) is 0 Å². The summed E-state index contributed by atoms with van der Waals surface area (Å²) < 4.78 is 0. The first kappa shape index (κ1) is 24.1. The van der Waals surface area contributed by atoms with Crippen LogP contribution in [0.5, 0.6) is 0 Å². The van der Waals surface area contributed by atoms with Crippen molar-refractivity contribution in [3.63, 3.8) is 0 Å². The fourth-order valence-electron chi connectivity index (χ4n) is 3.71. The Morgan fingerprint density at radius 3 is 1.00 bits per heavy atom. The summed E-state index contributed by atoms with van der Waals surface area (Å²) in [5.41, 5.74) is 6.96. The molecular weight excluding hydrogens is 477 g/mol. The third-order valence-electron chi connectivity index (χ3n) is 5.67. The van der Waals surface area contributed by atoms with E-state index in [-0.39, 0.29) is 0 Å². The summed E-state index contributed by atoms with van der Waals surface area (Å²) >= 11 is 3.72. The van der Waals surface area contributed by atoms with Crippen molar-refractivity contribution in [1.29, 1.82) is 0 Å². The van der Waals surface area contributed by atoms with Crippen LogP contribution in [-0.2, 0) is 11.5 Å². The molecule has 5 rings (SSSR count). The van der Waals surface area contributed by atoms with Gasteiger partial charge in [0.1, 0.15) is 0 Å². The Hall–Kier alpha value is -3.60. The second kappa shape index (κ2) is 12.4. The highest BCUT2D eigenvalue weighted by atomic mass is 32.2. The van der Waals surface area contributed by atoms with Crippen molar-refractivity contribution in [3.05, 3.63) is 145 Å². The lowest BCUT2D eigenvalue weighted by Gasteiger charge is -2.11. The van der Waals surface area contributed by atoms with Gasteiger partial charge in [-0.3, -0.25) is 0 Å². The van der Waals surface area contributed by atoms with Crippen LogP contribution in [0.15, 0.2) is 143 Å². The van der Waals surface area contributed by atoms with Gasteiger partial charge >= 0.3 is 0 Å². The molecule has 36 heavy (non-hydrogen) atoms. The molecule has 0 spiro atoms. The highest BCUT2D eigenvalue weighted by molar-refractivity contribution is 7.98. The van der Waals surface area contributed by atoms with Crippen LogP contribution in [0.4, 0.5) is 22.7 Å².